The average Bonchev–Trinajstić information content (AvgIpc) is 3.17. The molecule has 0 aliphatic heterocycles. The van der Waals surface area contributed by atoms with Crippen LogP contribution in [0.15, 0.2) is 47.1 Å². The van der Waals surface area contributed by atoms with Gasteiger partial charge >= 0.3 is 0 Å². The third kappa shape index (κ3) is 3.65. The van der Waals surface area contributed by atoms with Crippen molar-refractivity contribution in [2.45, 2.75) is 37.5 Å². The van der Waals surface area contributed by atoms with E-state index >= 15 is 0 Å². The van der Waals surface area contributed by atoms with Crippen molar-refractivity contribution in [1.29, 1.82) is 0 Å². The van der Waals surface area contributed by atoms with Crippen LogP contribution < -0.4 is 0 Å². The van der Waals surface area contributed by atoms with Gasteiger partial charge in [-0.1, -0.05) is 30.0 Å². The van der Waals surface area contributed by atoms with E-state index in [9.17, 15) is 4.79 Å². The van der Waals surface area contributed by atoms with Crippen LogP contribution in [0, 0.1) is 6.92 Å². The second-order valence-electron chi connectivity index (χ2n) is 7.72. The topological polar surface area (TPSA) is 66.8 Å². The predicted octanol–water partition coefficient (Wildman–Crippen LogP) is 4.88. The quantitative estimate of drug-likeness (QED) is 0.418. The minimum absolute atomic E-state index is 0.104. The molecule has 3 heterocycles. The smallest absolute Gasteiger partial charge is 0.233 e. The fraction of sp³-hybridized carbons (Fsp3) is 0.318. The highest BCUT2D eigenvalue weighted by Gasteiger charge is 2.31. The number of carbonyl (C=O) groups excluding carboxylic acids is 1. The number of para-hydroxylation sites is 1. The van der Waals surface area contributed by atoms with Crippen LogP contribution in [-0.4, -0.2) is 43.4 Å². The number of fused-ring (bicyclic) bond motifs is 1. The van der Waals surface area contributed by atoms with Gasteiger partial charge in [0.15, 0.2) is 11.0 Å². The molecule has 1 saturated carbocycles. The fourth-order valence-corrected chi connectivity index (χ4v) is 5.49. The zero-order valence-corrected chi connectivity index (χ0v) is 18.6. The molecule has 0 radical (unpaired) electrons. The van der Waals surface area contributed by atoms with Crippen LogP contribution in [0.3, 0.4) is 0 Å². The van der Waals surface area contributed by atoms with Crippen LogP contribution in [0.25, 0.3) is 22.3 Å². The second kappa shape index (κ2) is 7.92. The van der Waals surface area contributed by atoms with Crippen LogP contribution in [0.2, 0.25) is 0 Å². The lowest BCUT2D eigenvalue weighted by Crippen LogP contribution is -2.27. The molecule has 0 unspecified atom stereocenters. The molecule has 154 valence electrons. The van der Waals surface area contributed by atoms with Crippen LogP contribution in [0.4, 0.5) is 0 Å². The molecule has 0 atom stereocenters. The molecule has 5 rings (SSSR count). The molecule has 0 spiro atoms. The number of hydrogen-bond acceptors (Lipinski definition) is 5. The van der Waals surface area contributed by atoms with Crippen molar-refractivity contribution < 1.29 is 4.79 Å². The lowest BCUT2D eigenvalue weighted by atomic mass is 10.1. The molecule has 1 amide bonds. The SMILES string of the molecule is Cc1ccsc1CN(C)C(=O)CSc1nnc(-c2c[nH]c3ccccc23)n1C1CC1. The van der Waals surface area contributed by atoms with Crippen LogP contribution in [-0.2, 0) is 11.3 Å². The van der Waals surface area contributed by atoms with Crippen molar-refractivity contribution in [1.82, 2.24) is 24.6 Å². The summed E-state index contributed by atoms with van der Waals surface area (Å²) in [4.78, 5) is 19.1. The molecule has 6 nitrogen and oxygen atoms in total. The summed E-state index contributed by atoms with van der Waals surface area (Å²) in [5, 5.41) is 13.0. The lowest BCUT2D eigenvalue weighted by molar-refractivity contribution is -0.127. The van der Waals surface area contributed by atoms with E-state index in [4.69, 9.17) is 0 Å². The van der Waals surface area contributed by atoms with Crippen molar-refractivity contribution in [3.05, 3.63) is 52.3 Å². The van der Waals surface area contributed by atoms with E-state index in [1.54, 1.807) is 16.2 Å². The molecule has 1 N–H and O–H groups in total. The van der Waals surface area contributed by atoms with Gasteiger partial charge in [-0.15, -0.1) is 21.5 Å². The largest absolute Gasteiger partial charge is 0.360 e. The van der Waals surface area contributed by atoms with E-state index in [1.165, 1.54) is 22.2 Å². The Hall–Kier alpha value is -2.58. The van der Waals surface area contributed by atoms with E-state index in [2.05, 4.69) is 50.3 Å². The van der Waals surface area contributed by atoms with E-state index in [0.29, 0.717) is 18.3 Å². The minimum Gasteiger partial charge on any atom is -0.360 e. The Balaban J connectivity index is 1.34. The number of thiophene rings is 1. The van der Waals surface area contributed by atoms with Crippen LogP contribution in [0.1, 0.15) is 29.3 Å². The molecule has 1 fully saturated rings. The van der Waals surface area contributed by atoms with Gasteiger partial charge in [0, 0.05) is 40.6 Å². The van der Waals surface area contributed by atoms with Gasteiger partial charge in [-0.25, -0.2) is 0 Å². The molecule has 0 saturated heterocycles. The second-order valence-corrected chi connectivity index (χ2v) is 9.66. The van der Waals surface area contributed by atoms with Crippen LogP contribution in [0.5, 0.6) is 0 Å². The van der Waals surface area contributed by atoms with Crippen LogP contribution >= 0.6 is 23.1 Å². The number of aromatic amines is 1. The summed E-state index contributed by atoms with van der Waals surface area (Å²) >= 11 is 3.18. The molecule has 1 aromatic carbocycles. The maximum absolute atomic E-state index is 12.7. The number of aryl methyl sites for hydroxylation is 1. The Labute approximate surface area is 183 Å². The summed E-state index contributed by atoms with van der Waals surface area (Å²) in [5.74, 6) is 1.35. The van der Waals surface area contributed by atoms with Gasteiger partial charge in [-0.2, -0.15) is 0 Å². The zero-order valence-electron chi connectivity index (χ0n) is 17.0. The summed E-state index contributed by atoms with van der Waals surface area (Å²) in [6.45, 7) is 2.74. The highest BCUT2D eigenvalue weighted by molar-refractivity contribution is 7.99. The Morgan fingerprint density at radius 2 is 2.13 bits per heavy atom. The van der Waals surface area contributed by atoms with E-state index in [1.807, 2.05) is 25.4 Å². The van der Waals surface area contributed by atoms with Crippen molar-refractivity contribution in [2.75, 3.05) is 12.8 Å². The summed E-state index contributed by atoms with van der Waals surface area (Å²) in [6.07, 6.45) is 4.27. The molecular formula is C22H23N5OS2. The number of carbonyl (C=O) groups is 1. The third-order valence-electron chi connectivity index (χ3n) is 5.51. The molecule has 1 aliphatic carbocycles. The number of aromatic nitrogens is 4. The van der Waals surface area contributed by atoms with Gasteiger partial charge in [0.2, 0.25) is 5.91 Å². The molecule has 3 aromatic heterocycles. The summed E-state index contributed by atoms with van der Waals surface area (Å²) < 4.78 is 2.22. The molecule has 8 heteroatoms. The van der Waals surface area contributed by atoms with E-state index in [-0.39, 0.29) is 5.91 Å². The number of nitrogens with zero attached hydrogens (tertiary/aromatic N) is 4. The molecule has 0 bridgehead atoms. The fourth-order valence-electron chi connectivity index (χ4n) is 3.58. The number of thioether (sulfide) groups is 1. The first kappa shape index (κ1) is 19.4. The molecule has 4 aromatic rings. The number of rotatable bonds is 7. The standard InChI is InChI=1S/C22H23N5OS2/c1-14-9-10-29-19(14)12-26(2)20(28)13-30-22-25-24-21(27(22)15-7-8-15)17-11-23-18-6-4-3-5-16(17)18/h3-6,9-11,15,23H,7-8,12-13H2,1-2H3. The number of benzene rings is 1. The van der Waals surface area contributed by atoms with Crippen molar-refractivity contribution in [3.8, 4) is 11.4 Å². The maximum Gasteiger partial charge on any atom is 0.233 e. The van der Waals surface area contributed by atoms with Gasteiger partial charge in [-0.05, 0) is 42.8 Å². The molecular weight excluding hydrogens is 414 g/mol. The Kier molecular flexibility index (Phi) is 5.12. The normalized spacial score (nSPS) is 13.8. The zero-order chi connectivity index (χ0) is 20.7. The maximum atomic E-state index is 12.7. The van der Waals surface area contributed by atoms with Gasteiger partial charge in [-0.3, -0.25) is 9.36 Å². The molecule has 1 aliphatic rings. The summed E-state index contributed by atoms with van der Waals surface area (Å²) in [7, 11) is 1.87. The number of amides is 1. The highest BCUT2D eigenvalue weighted by atomic mass is 32.2. The van der Waals surface area contributed by atoms with E-state index in [0.717, 1.165) is 40.3 Å². The monoisotopic (exact) mass is 437 g/mol. The Bertz CT molecular complexity index is 1200. The Morgan fingerprint density at radius 1 is 1.30 bits per heavy atom. The average molecular weight is 438 g/mol. The highest BCUT2D eigenvalue weighted by Crippen LogP contribution is 2.42. The van der Waals surface area contributed by atoms with Crippen molar-refractivity contribution >= 4 is 39.9 Å². The minimum atomic E-state index is 0.104. The lowest BCUT2D eigenvalue weighted by Gasteiger charge is -2.16. The summed E-state index contributed by atoms with van der Waals surface area (Å²) in [5.41, 5.74) is 3.39. The third-order valence-corrected chi connectivity index (χ3v) is 7.44. The van der Waals surface area contributed by atoms with Gasteiger partial charge in [0.25, 0.3) is 0 Å². The summed E-state index contributed by atoms with van der Waals surface area (Å²) in [6, 6.07) is 10.7. The Morgan fingerprint density at radius 3 is 2.90 bits per heavy atom. The predicted molar refractivity (Wildman–Crippen MR) is 122 cm³/mol. The van der Waals surface area contributed by atoms with Gasteiger partial charge in [0.1, 0.15) is 0 Å². The van der Waals surface area contributed by atoms with Crippen molar-refractivity contribution in [3.63, 3.8) is 0 Å². The van der Waals surface area contributed by atoms with Crippen molar-refractivity contribution in [2.24, 2.45) is 0 Å². The number of nitrogens with one attached hydrogen (secondary N) is 1. The number of H-pyrrole nitrogens is 1. The number of hydrogen-bond donors (Lipinski definition) is 1. The van der Waals surface area contributed by atoms with E-state index < -0.39 is 0 Å². The molecule has 30 heavy (non-hydrogen) atoms. The van der Waals surface area contributed by atoms with Gasteiger partial charge in [0.05, 0.1) is 12.3 Å². The van der Waals surface area contributed by atoms with Gasteiger partial charge < -0.3 is 9.88 Å². The first-order valence-corrected chi connectivity index (χ1v) is 11.9. The first-order chi connectivity index (χ1) is 14.6. The first-order valence-electron chi connectivity index (χ1n) is 10.0.